The van der Waals surface area contributed by atoms with Crippen LogP contribution < -0.4 is 9.92 Å². The van der Waals surface area contributed by atoms with Crippen LogP contribution in [-0.4, -0.2) is 19.5 Å². The van der Waals surface area contributed by atoms with Crippen molar-refractivity contribution in [2.24, 2.45) is 0 Å². The summed E-state index contributed by atoms with van der Waals surface area (Å²) in [6, 6.07) is 2.90. The topological polar surface area (TPSA) is 107 Å². The molecule has 0 atom stereocenters. The molecule has 0 bridgehead atoms. The number of halogens is 1. The molecule has 0 radical (unpaired) electrons. The molecule has 6 nitrogen and oxygen atoms in total. The number of benzene rings is 1. The summed E-state index contributed by atoms with van der Waals surface area (Å²) in [5.41, 5.74) is 4.82. The lowest BCUT2D eigenvalue weighted by atomic mass is 10.2. The van der Waals surface area contributed by atoms with Gasteiger partial charge in [-0.15, -0.1) is 0 Å². The molecule has 0 aromatic heterocycles. The van der Waals surface area contributed by atoms with Crippen LogP contribution in [0.1, 0.15) is 10.4 Å². The third-order valence-corrected chi connectivity index (χ3v) is 1.84. The van der Waals surface area contributed by atoms with Crippen LogP contribution in [0.15, 0.2) is 18.2 Å². The fraction of sp³-hybridized carbons (Fsp3) is 0. The standard InChI is InChI=1S/C7H6FNO5S/c8-15(12,13)14-4-1-2-5(7(10)11)6(9)3-4/h1-3H,9H2,(H,10,11). The van der Waals surface area contributed by atoms with Crippen molar-refractivity contribution in [3.63, 3.8) is 0 Å². The second kappa shape index (κ2) is 3.73. The monoisotopic (exact) mass is 235 g/mol. The van der Waals surface area contributed by atoms with Gasteiger partial charge in [-0.3, -0.25) is 0 Å². The number of hydrogen-bond donors (Lipinski definition) is 2. The van der Waals surface area contributed by atoms with E-state index in [0.29, 0.717) is 0 Å². The summed E-state index contributed by atoms with van der Waals surface area (Å²) in [7, 11) is -5.13. The fourth-order valence-corrected chi connectivity index (χ4v) is 1.24. The molecule has 8 heteroatoms. The van der Waals surface area contributed by atoms with Crippen molar-refractivity contribution >= 4 is 22.2 Å². The minimum atomic E-state index is -5.13. The van der Waals surface area contributed by atoms with Gasteiger partial charge in [0.05, 0.1) is 5.56 Å². The van der Waals surface area contributed by atoms with Crippen LogP contribution in [0, 0.1) is 0 Å². The molecule has 1 aromatic rings. The molecule has 0 aliphatic heterocycles. The zero-order chi connectivity index (χ0) is 11.6. The van der Waals surface area contributed by atoms with E-state index in [4.69, 9.17) is 10.8 Å². The van der Waals surface area contributed by atoms with Crippen molar-refractivity contribution in [3.05, 3.63) is 23.8 Å². The molecule has 0 heterocycles. The largest absolute Gasteiger partial charge is 0.488 e. The van der Waals surface area contributed by atoms with E-state index in [1.165, 1.54) is 0 Å². The highest BCUT2D eigenvalue weighted by Gasteiger charge is 2.13. The Hall–Kier alpha value is -1.83. The molecule has 15 heavy (non-hydrogen) atoms. The SMILES string of the molecule is Nc1cc(OS(=O)(=O)F)ccc1C(=O)O. The first kappa shape index (κ1) is 11.2. The van der Waals surface area contributed by atoms with Crippen LogP contribution in [0.4, 0.5) is 9.57 Å². The summed E-state index contributed by atoms with van der Waals surface area (Å²) in [4.78, 5) is 10.5. The van der Waals surface area contributed by atoms with E-state index in [9.17, 15) is 17.1 Å². The summed E-state index contributed by atoms with van der Waals surface area (Å²) in [5.74, 6) is -1.66. The highest BCUT2D eigenvalue weighted by Crippen LogP contribution is 2.21. The molecule has 82 valence electrons. The second-order valence-electron chi connectivity index (χ2n) is 2.53. The summed E-state index contributed by atoms with van der Waals surface area (Å²) < 4.78 is 36.1. The van der Waals surface area contributed by atoms with Crippen LogP contribution in [0.2, 0.25) is 0 Å². The molecule has 1 aromatic carbocycles. The Morgan fingerprint density at radius 2 is 2.07 bits per heavy atom. The Labute approximate surface area is 84.5 Å². The van der Waals surface area contributed by atoms with Gasteiger partial charge in [0.1, 0.15) is 5.75 Å². The molecule has 1 rings (SSSR count). The molecule has 0 saturated heterocycles. The molecule has 0 aliphatic carbocycles. The smallest absolute Gasteiger partial charge is 0.478 e. The van der Waals surface area contributed by atoms with Gasteiger partial charge >= 0.3 is 16.5 Å². The zero-order valence-corrected chi connectivity index (χ0v) is 7.99. The maximum atomic E-state index is 12.1. The zero-order valence-electron chi connectivity index (χ0n) is 7.18. The molecular formula is C7H6FNO5S. The lowest BCUT2D eigenvalue weighted by molar-refractivity contribution is 0.0698. The first-order valence-electron chi connectivity index (χ1n) is 3.56. The van der Waals surface area contributed by atoms with Crippen molar-refractivity contribution in [1.29, 1.82) is 0 Å². The summed E-state index contributed by atoms with van der Waals surface area (Å²) >= 11 is 0. The first-order chi connectivity index (χ1) is 6.79. The van der Waals surface area contributed by atoms with Gasteiger partial charge in [0, 0.05) is 11.8 Å². The number of anilines is 1. The Morgan fingerprint density at radius 3 is 2.47 bits per heavy atom. The van der Waals surface area contributed by atoms with E-state index >= 15 is 0 Å². The number of nitrogens with two attached hydrogens (primary N) is 1. The maximum Gasteiger partial charge on any atom is 0.488 e. The Bertz CT molecular complexity index is 498. The van der Waals surface area contributed by atoms with Crippen LogP contribution >= 0.6 is 0 Å². The van der Waals surface area contributed by atoms with Gasteiger partial charge in [0.15, 0.2) is 0 Å². The predicted molar refractivity (Wildman–Crippen MR) is 48.5 cm³/mol. The Kier molecular flexibility index (Phi) is 2.80. The summed E-state index contributed by atoms with van der Waals surface area (Å²) in [6.45, 7) is 0. The second-order valence-corrected chi connectivity index (χ2v) is 3.48. The molecule has 0 spiro atoms. The van der Waals surface area contributed by atoms with E-state index < -0.39 is 16.5 Å². The lowest BCUT2D eigenvalue weighted by Crippen LogP contribution is -2.05. The molecule has 0 amide bonds. The van der Waals surface area contributed by atoms with E-state index in [1.54, 1.807) is 0 Å². The number of carboxylic acids is 1. The van der Waals surface area contributed by atoms with Gasteiger partial charge in [0.2, 0.25) is 0 Å². The average molecular weight is 235 g/mol. The minimum Gasteiger partial charge on any atom is -0.478 e. The quantitative estimate of drug-likeness (QED) is 0.585. The molecule has 0 aliphatic rings. The molecule has 0 unspecified atom stereocenters. The van der Waals surface area contributed by atoms with Gasteiger partial charge < -0.3 is 15.0 Å². The average Bonchev–Trinajstić information content (AvgIpc) is 1.99. The van der Waals surface area contributed by atoms with Crippen LogP contribution in [0.5, 0.6) is 5.75 Å². The van der Waals surface area contributed by atoms with Crippen molar-refractivity contribution in [2.75, 3.05) is 5.73 Å². The summed E-state index contributed by atoms with van der Waals surface area (Å²) in [6.07, 6.45) is 0. The number of aromatic carboxylic acids is 1. The van der Waals surface area contributed by atoms with E-state index in [-0.39, 0.29) is 17.0 Å². The molecule has 0 saturated carbocycles. The number of nitrogen functional groups attached to an aromatic ring is 1. The molecule has 3 N–H and O–H groups in total. The van der Waals surface area contributed by atoms with Crippen LogP contribution in [0.3, 0.4) is 0 Å². The van der Waals surface area contributed by atoms with E-state index in [2.05, 4.69) is 4.18 Å². The highest BCUT2D eigenvalue weighted by molar-refractivity contribution is 7.81. The summed E-state index contributed by atoms with van der Waals surface area (Å²) in [5, 5.41) is 8.58. The van der Waals surface area contributed by atoms with Crippen molar-refractivity contribution in [1.82, 2.24) is 0 Å². The normalized spacial score (nSPS) is 11.0. The van der Waals surface area contributed by atoms with Crippen LogP contribution in [-0.2, 0) is 10.5 Å². The third kappa shape index (κ3) is 3.09. The van der Waals surface area contributed by atoms with Crippen molar-refractivity contribution in [3.8, 4) is 5.75 Å². The van der Waals surface area contributed by atoms with Gasteiger partial charge in [0.25, 0.3) is 0 Å². The van der Waals surface area contributed by atoms with Gasteiger partial charge in [-0.2, -0.15) is 8.42 Å². The number of carbonyl (C=O) groups is 1. The van der Waals surface area contributed by atoms with E-state index in [0.717, 1.165) is 18.2 Å². The van der Waals surface area contributed by atoms with E-state index in [1.807, 2.05) is 0 Å². The Morgan fingerprint density at radius 1 is 1.47 bits per heavy atom. The van der Waals surface area contributed by atoms with Crippen molar-refractivity contribution < 1.29 is 26.4 Å². The fourth-order valence-electron chi connectivity index (χ4n) is 0.902. The van der Waals surface area contributed by atoms with Crippen molar-refractivity contribution in [2.45, 2.75) is 0 Å². The Balaban J connectivity index is 3.07. The van der Waals surface area contributed by atoms with Gasteiger partial charge in [-0.1, -0.05) is 3.89 Å². The number of carboxylic acid groups (broad SMARTS) is 1. The maximum absolute atomic E-state index is 12.1. The highest BCUT2D eigenvalue weighted by atomic mass is 32.3. The number of rotatable bonds is 3. The lowest BCUT2D eigenvalue weighted by Gasteiger charge is -2.03. The predicted octanol–water partition coefficient (Wildman–Crippen LogP) is 0.560. The number of hydrogen-bond acceptors (Lipinski definition) is 5. The van der Waals surface area contributed by atoms with Gasteiger partial charge in [-0.05, 0) is 12.1 Å². The van der Waals surface area contributed by atoms with Gasteiger partial charge in [-0.25, -0.2) is 4.79 Å². The molecule has 0 fully saturated rings. The minimum absolute atomic E-state index is 0.219. The van der Waals surface area contributed by atoms with Crippen LogP contribution in [0.25, 0.3) is 0 Å². The molecular weight excluding hydrogens is 229 g/mol. The third-order valence-electron chi connectivity index (χ3n) is 1.45. The first-order valence-corrected chi connectivity index (χ1v) is 4.87.